The highest BCUT2D eigenvalue weighted by Crippen LogP contribution is 2.31. The van der Waals surface area contributed by atoms with Crippen LogP contribution in [0.3, 0.4) is 0 Å². The van der Waals surface area contributed by atoms with E-state index in [1.807, 2.05) is 0 Å². The first kappa shape index (κ1) is 18.0. The number of benzene rings is 2. The minimum absolute atomic E-state index is 0.0498. The van der Waals surface area contributed by atoms with Gasteiger partial charge in [0, 0.05) is 17.7 Å². The largest absolute Gasteiger partial charge is 0.272 e. The average Bonchev–Trinajstić information content (AvgIpc) is 2.56. The molecule has 0 saturated carbocycles. The van der Waals surface area contributed by atoms with Crippen LogP contribution in [0.15, 0.2) is 36.4 Å². The van der Waals surface area contributed by atoms with E-state index >= 15 is 0 Å². The van der Waals surface area contributed by atoms with Crippen molar-refractivity contribution in [3.63, 3.8) is 0 Å². The van der Waals surface area contributed by atoms with Crippen LogP contribution in [0.25, 0.3) is 0 Å². The normalized spacial score (nSPS) is 10.1. The summed E-state index contributed by atoms with van der Waals surface area (Å²) in [4.78, 5) is 34.0. The smallest absolute Gasteiger partial charge is 0.267 e. The van der Waals surface area contributed by atoms with Crippen molar-refractivity contribution in [3.05, 3.63) is 72.7 Å². The zero-order valence-corrected chi connectivity index (χ0v) is 13.9. The summed E-state index contributed by atoms with van der Waals surface area (Å²) < 4.78 is 0. The number of non-ortho nitro benzene ring substituents is 1. The number of halogens is 3. The van der Waals surface area contributed by atoms with E-state index in [0.29, 0.717) is 0 Å². The predicted molar refractivity (Wildman–Crippen MR) is 89.5 cm³/mol. The summed E-state index contributed by atoms with van der Waals surface area (Å²) >= 11 is 17.6. The number of nitro benzene ring substituents is 1. The lowest BCUT2D eigenvalue weighted by molar-refractivity contribution is -0.384. The van der Waals surface area contributed by atoms with E-state index in [4.69, 9.17) is 34.8 Å². The van der Waals surface area contributed by atoms with Crippen LogP contribution in [0.5, 0.6) is 0 Å². The molecule has 0 aromatic heterocycles. The van der Waals surface area contributed by atoms with E-state index in [1.54, 1.807) is 0 Å². The van der Waals surface area contributed by atoms with Crippen LogP contribution in [0, 0.1) is 10.1 Å². The van der Waals surface area contributed by atoms with Crippen molar-refractivity contribution in [1.82, 2.24) is 10.9 Å². The summed E-state index contributed by atoms with van der Waals surface area (Å²) in [5.41, 5.74) is 4.16. The van der Waals surface area contributed by atoms with Crippen LogP contribution in [0.2, 0.25) is 15.1 Å². The van der Waals surface area contributed by atoms with Gasteiger partial charge in [0.2, 0.25) is 0 Å². The van der Waals surface area contributed by atoms with Gasteiger partial charge in [-0.25, -0.2) is 0 Å². The maximum atomic E-state index is 12.1. The second-order valence-corrected chi connectivity index (χ2v) is 5.62. The molecule has 0 aliphatic carbocycles. The standard InChI is InChI=1S/C14H8Cl3N3O4/c15-9-5-6-10(16)12(17)11(9)14(22)19-18-13(21)7-1-3-8(4-2-7)20(23)24/h1-6H,(H,18,21)(H,19,22). The predicted octanol–water partition coefficient (Wildman–Crippen LogP) is 3.63. The number of nitrogens with zero attached hydrogens (tertiary/aromatic N) is 1. The van der Waals surface area contributed by atoms with E-state index in [2.05, 4.69) is 10.9 Å². The first-order valence-electron chi connectivity index (χ1n) is 6.30. The third-order valence-corrected chi connectivity index (χ3v) is 4.02. The van der Waals surface area contributed by atoms with E-state index in [0.717, 1.165) is 0 Å². The van der Waals surface area contributed by atoms with Crippen molar-refractivity contribution in [3.8, 4) is 0 Å². The van der Waals surface area contributed by atoms with Gasteiger partial charge in [-0.3, -0.25) is 30.6 Å². The van der Waals surface area contributed by atoms with Crippen LogP contribution in [0.4, 0.5) is 5.69 Å². The Morgan fingerprint density at radius 2 is 1.42 bits per heavy atom. The number of hydrazine groups is 1. The third kappa shape index (κ3) is 3.94. The quantitative estimate of drug-likeness (QED) is 0.476. The van der Waals surface area contributed by atoms with Crippen molar-refractivity contribution in [1.29, 1.82) is 0 Å². The molecular weight excluding hydrogens is 381 g/mol. The maximum absolute atomic E-state index is 12.1. The van der Waals surface area contributed by atoms with Gasteiger partial charge < -0.3 is 0 Å². The molecule has 2 aromatic carbocycles. The molecule has 10 heteroatoms. The topological polar surface area (TPSA) is 101 Å². The zero-order chi connectivity index (χ0) is 17.9. The van der Waals surface area contributed by atoms with Gasteiger partial charge in [0.25, 0.3) is 17.5 Å². The molecule has 0 saturated heterocycles. The number of hydrogen-bond donors (Lipinski definition) is 2. The highest BCUT2D eigenvalue weighted by Gasteiger charge is 2.18. The van der Waals surface area contributed by atoms with Gasteiger partial charge in [0.05, 0.1) is 25.6 Å². The van der Waals surface area contributed by atoms with E-state index < -0.39 is 16.7 Å². The highest BCUT2D eigenvalue weighted by molar-refractivity contribution is 6.46. The Kier molecular flexibility index (Phi) is 5.61. The average molecular weight is 389 g/mol. The number of nitro groups is 1. The van der Waals surface area contributed by atoms with Gasteiger partial charge >= 0.3 is 0 Å². The van der Waals surface area contributed by atoms with E-state index in [1.165, 1.54) is 36.4 Å². The molecule has 0 aliphatic heterocycles. The molecule has 0 radical (unpaired) electrons. The van der Waals surface area contributed by atoms with Crippen molar-refractivity contribution in [2.24, 2.45) is 0 Å². The van der Waals surface area contributed by atoms with Gasteiger partial charge in [0.1, 0.15) is 0 Å². The summed E-state index contributed by atoms with van der Waals surface area (Å²) in [5.74, 6) is -1.43. The van der Waals surface area contributed by atoms with Gasteiger partial charge in [-0.2, -0.15) is 0 Å². The van der Waals surface area contributed by atoms with Gasteiger partial charge in [-0.15, -0.1) is 0 Å². The summed E-state index contributed by atoms with van der Waals surface area (Å²) in [6, 6.07) is 7.65. The van der Waals surface area contributed by atoms with Crippen LogP contribution < -0.4 is 10.9 Å². The van der Waals surface area contributed by atoms with Crippen molar-refractivity contribution in [2.45, 2.75) is 0 Å². The number of carbonyl (C=O) groups excluding carboxylic acids is 2. The number of hydrogen-bond acceptors (Lipinski definition) is 4. The number of carbonyl (C=O) groups is 2. The Bertz CT molecular complexity index is 825. The zero-order valence-electron chi connectivity index (χ0n) is 11.7. The van der Waals surface area contributed by atoms with Crippen molar-refractivity contribution in [2.75, 3.05) is 0 Å². The molecule has 2 rings (SSSR count). The number of nitrogens with one attached hydrogen (secondary N) is 2. The van der Waals surface area contributed by atoms with Crippen molar-refractivity contribution >= 4 is 52.3 Å². The molecule has 2 amide bonds. The fraction of sp³-hybridized carbons (Fsp3) is 0. The Balaban J connectivity index is 2.08. The lowest BCUT2D eigenvalue weighted by Crippen LogP contribution is -2.41. The molecular formula is C14H8Cl3N3O4. The van der Waals surface area contributed by atoms with Crippen LogP contribution in [-0.2, 0) is 0 Å². The van der Waals surface area contributed by atoms with E-state index in [9.17, 15) is 19.7 Å². The summed E-state index contributed by atoms with van der Waals surface area (Å²) in [6.07, 6.45) is 0. The molecule has 0 bridgehead atoms. The van der Waals surface area contributed by atoms with Gasteiger partial charge in [0.15, 0.2) is 0 Å². The minimum atomic E-state index is -0.761. The summed E-state index contributed by atoms with van der Waals surface area (Å²) in [7, 11) is 0. The second kappa shape index (κ2) is 7.48. The van der Waals surface area contributed by atoms with Crippen LogP contribution >= 0.6 is 34.8 Å². The molecule has 2 N–H and O–H groups in total. The molecule has 24 heavy (non-hydrogen) atoms. The second-order valence-electron chi connectivity index (χ2n) is 4.43. The summed E-state index contributed by atoms with van der Waals surface area (Å²) in [5, 5.41) is 10.7. The Hall–Kier alpha value is -2.35. The Morgan fingerprint density at radius 3 is 2.00 bits per heavy atom. The first-order valence-corrected chi connectivity index (χ1v) is 7.43. The van der Waals surface area contributed by atoms with Crippen LogP contribution in [0.1, 0.15) is 20.7 Å². The molecule has 7 nitrogen and oxygen atoms in total. The highest BCUT2D eigenvalue weighted by atomic mass is 35.5. The molecule has 0 atom stereocenters. The Morgan fingerprint density at radius 1 is 0.875 bits per heavy atom. The monoisotopic (exact) mass is 387 g/mol. The van der Waals surface area contributed by atoms with Crippen LogP contribution in [-0.4, -0.2) is 16.7 Å². The third-order valence-electron chi connectivity index (χ3n) is 2.90. The van der Waals surface area contributed by atoms with Gasteiger partial charge in [-0.05, 0) is 24.3 Å². The SMILES string of the molecule is O=C(NNC(=O)c1c(Cl)ccc(Cl)c1Cl)c1ccc([N+](=O)[O-])cc1. The Labute approximate surface area is 150 Å². The molecule has 0 spiro atoms. The summed E-state index contributed by atoms with van der Waals surface area (Å²) in [6.45, 7) is 0. The molecule has 124 valence electrons. The molecule has 0 unspecified atom stereocenters. The van der Waals surface area contributed by atoms with E-state index in [-0.39, 0.29) is 31.9 Å². The molecule has 0 heterocycles. The van der Waals surface area contributed by atoms with Gasteiger partial charge in [-0.1, -0.05) is 34.8 Å². The number of amides is 2. The first-order chi connectivity index (χ1) is 11.3. The fourth-order valence-corrected chi connectivity index (χ4v) is 2.42. The fourth-order valence-electron chi connectivity index (χ4n) is 1.72. The minimum Gasteiger partial charge on any atom is -0.267 e. The maximum Gasteiger partial charge on any atom is 0.272 e. The molecule has 0 aliphatic rings. The number of rotatable bonds is 3. The molecule has 2 aromatic rings. The lowest BCUT2D eigenvalue weighted by atomic mass is 10.2. The molecule has 0 fully saturated rings. The van der Waals surface area contributed by atoms with Crippen molar-refractivity contribution < 1.29 is 14.5 Å². The lowest BCUT2D eigenvalue weighted by Gasteiger charge is -2.10.